The van der Waals surface area contributed by atoms with E-state index in [2.05, 4.69) is 25.9 Å². The molecule has 0 unspecified atom stereocenters. The summed E-state index contributed by atoms with van der Waals surface area (Å²) < 4.78 is 7.48. The van der Waals surface area contributed by atoms with Gasteiger partial charge < -0.3 is 9.64 Å². The number of pyridine rings is 1. The zero-order chi connectivity index (χ0) is 21.1. The molecule has 7 nitrogen and oxygen atoms in total. The number of esters is 1. The van der Waals surface area contributed by atoms with Crippen LogP contribution in [0.4, 0.5) is 5.82 Å². The van der Waals surface area contributed by atoms with Crippen LogP contribution in [0, 0.1) is 5.92 Å². The van der Waals surface area contributed by atoms with Gasteiger partial charge in [-0.15, -0.1) is 0 Å². The molecule has 1 fully saturated rings. The lowest BCUT2D eigenvalue weighted by atomic mass is 9.92. The van der Waals surface area contributed by atoms with Crippen LogP contribution in [-0.4, -0.2) is 44.2 Å². The van der Waals surface area contributed by atoms with Crippen molar-refractivity contribution in [2.45, 2.75) is 52.1 Å². The number of carbonyl (C=O) groups is 1. The van der Waals surface area contributed by atoms with Gasteiger partial charge in [0.2, 0.25) is 0 Å². The number of hydrogen-bond acceptors (Lipinski definition) is 6. The molecule has 30 heavy (non-hydrogen) atoms. The van der Waals surface area contributed by atoms with E-state index in [-0.39, 0.29) is 5.97 Å². The van der Waals surface area contributed by atoms with Gasteiger partial charge in [0.15, 0.2) is 0 Å². The highest BCUT2D eigenvalue weighted by atomic mass is 16.6. The second-order valence-electron chi connectivity index (χ2n) is 8.89. The SMILES string of the molecule is CC(C)(C)OC(=O)CCC1CCN(c2ncnc3c2ccn3-c2cccnc2)CC1. The summed E-state index contributed by atoms with van der Waals surface area (Å²) in [7, 11) is 0. The van der Waals surface area contributed by atoms with Gasteiger partial charge in [0, 0.05) is 31.9 Å². The summed E-state index contributed by atoms with van der Waals surface area (Å²) >= 11 is 0. The number of anilines is 1. The van der Waals surface area contributed by atoms with Gasteiger partial charge >= 0.3 is 5.97 Å². The van der Waals surface area contributed by atoms with Crippen molar-refractivity contribution in [1.29, 1.82) is 0 Å². The number of carbonyl (C=O) groups excluding carboxylic acids is 1. The predicted octanol–water partition coefficient (Wildman–Crippen LogP) is 4.15. The molecule has 0 aromatic carbocycles. The molecule has 7 heteroatoms. The third kappa shape index (κ3) is 4.61. The lowest BCUT2D eigenvalue weighted by Gasteiger charge is -2.33. The maximum atomic E-state index is 12.0. The molecule has 0 bridgehead atoms. The van der Waals surface area contributed by atoms with Crippen LogP contribution < -0.4 is 4.90 Å². The summed E-state index contributed by atoms with van der Waals surface area (Å²) in [5.74, 6) is 1.43. The van der Waals surface area contributed by atoms with Crippen molar-refractivity contribution in [1.82, 2.24) is 19.5 Å². The molecule has 0 N–H and O–H groups in total. The highest BCUT2D eigenvalue weighted by molar-refractivity contribution is 5.89. The zero-order valence-corrected chi connectivity index (χ0v) is 17.9. The van der Waals surface area contributed by atoms with Gasteiger partial charge in [0.25, 0.3) is 0 Å². The fraction of sp³-hybridized carbons (Fsp3) is 0.478. The monoisotopic (exact) mass is 407 g/mol. The van der Waals surface area contributed by atoms with Crippen LogP contribution in [0.1, 0.15) is 46.5 Å². The van der Waals surface area contributed by atoms with Crippen molar-refractivity contribution < 1.29 is 9.53 Å². The second-order valence-corrected chi connectivity index (χ2v) is 8.89. The van der Waals surface area contributed by atoms with Crippen LogP contribution in [0.15, 0.2) is 43.1 Å². The summed E-state index contributed by atoms with van der Waals surface area (Å²) in [6.07, 6.45) is 10.7. The number of rotatable bonds is 5. The number of hydrogen-bond donors (Lipinski definition) is 0. The third-order valence-corrected chi connectivity index (χ3v) is 5.48. The predicted molar refractivity (Wildman–Crippen MR) is 117 cm³/mol. The molecule has 0 atom stereocenters. The van der Waals surface area contributed by atoms with E-state index in [0.717, 1.165) is 54.9 Å². The fourth-order valence-corrected chi connectivity index (χ4v) is 4.04. The highest BCUT2D eigenvalue weighted by Crippen LogP contribution is 2.30. The van der Waals surface area contributed by atoms with Gasteiger partial charge in [0.05, 0.1) is 17.3 Å². The molecule has 1 aliphatic rings. The van der Waals surface area contributed by atoms with E-state index < -0.39 is 5.60 Å². The third-order valence-electron chi connectivity index (χ3n) is 5.48. The molecule has 0 radical (unpaired) electrons. The summed E-state index contributed by atoms with van der Waals surface area (Å²) in [5.41, 5.74) is 1.46. The van der Waals surface area contributed by atoms with E-state index >= 15 is 0 Å². The molecule has 0 spiro atoms. The quantitative estimate of drug-likeness (QED) is 0.592. The smallest absolute Gasteiger partial charge is 0.306 e. The molecule has 0 saturated carbocycles. The molecule has 4 heterocycles. The Bertz CT molecular complexity index is 1000. The Labute approximate surface area is 177 Å². The molecule has 3 aromatic heterocycles. The molecule has 0 aliphatic carbocycles. The first kappa shape index (κ1) is 20.3. The van der Waals surface area contributed by atoms with Crippen molar-refractivity contribution in [3.63, 3.8) is 0 Å². The number of piperidine rings is 1. The standard InChI is InChI=1S/C23H29N5O2/c1-23(2,3)30-20(29)7-6-17-8-12-27(13-9-17)21-19-10-14-28(22(19)26-16-25-21)18-5-4-11-24-15-18/h4-5,10-11,14-17H,6-9,12-13H2,1-3H3. The Kier molecular flexibility index (Phi) is 5.70. The molecular formula is C23H29N5O2. The molecule has 1 aliphatic heterocycles. The first-order valence-electron chi connectivity index (χ1n) is 10.6. The summed E-state index contributed by atoms with van der Waals surface area (Å²) in [5, 5.41) is 1.05. The Morgan fingerprint density at radius 3 is 2.70 bits per heavy atom. The Hall–Kier alpha value is -2.96. The maximum absolute atomic E-state index is 12.0. The summed E-state index contributed by atoms with van der Waals surface area (Å²) in [6.45, 7) is 7.60. The first-order valence-corrected chi connectivity index (χ1v) is 10.6. The van der Waals surface area contributed by atoms with E-state index in [0.29, 0.717) is 12.3 Å². The van der Waals surface area contributed by atoms with E-state index in [1.165, 1.54) is 0 Å². The van der Waals surface area contributed by atoms with Gasteiger partial charge in [-0.1, -0.05) is 0 Å². The largest absolute Gasteiger partial charge is 0.460 e. The van der Waals surface area contributed by atoms with Gasteiger partial charge in [0.1, 0.15) is 23.4 Å². The minimum atomic E-state index is -0.412. The van der Waals surface area contributed by atoms with Crippen LogP contribution in [0.25, 0.3) is 16.7 Å². The molecule has 0 amide bonds. The Morgan fingerprint density at radius 1 is 1.20 bits per heavy atom. The van der Waals surface area contributed by atoms with Crippen molar-refractivity contribution >= 4 is 22.8 Å². The van der Waals surface area contributed by atoms with Crippen LogP contribution in [-0.2, 0) is 9.53 Å². The minimum absolute atomic E-state index is 0.0980. The van der Waals surface area contributed by atoms with Crippen molar-refractivity contribution in [2.24, 2.45) is 5.92 Å². The van der Waals surface area contributed by atoms with Crippen LogP contribution in [0.3, 0.4) is 0 Å². The highest BCUT2D eigenvalue weighted by Gasteiger charge is 2.24. The van der Waals surface area contributed by atoms with Crippen LogP contribution in [0.2, 0.25) is 0 Å². The number of nitrogens with zero attached hydrogens (tertiary/aromatic N) is 5. The average Bonchev–Trinajstić information content (AvgIpc) is 3.16. The first-order chi connectivity index (χ1) is 14.4. The number of ether oxygens (including phenoxy) is 1. The van der Waals surface area contributed by atoms with Crippen LogP contribution in [0.5, 0.6) is 0 Å². The lowest BCUT2D eigenvalue weighted by molar-refractivity contribution is -0.155. The van der Waals surface area contributed by atoms with E-state index in [1.54, 1.807) is 12.5 Å². The van der Waals surface area contributed by atoms with Crippen LogP contribution >= 0.6 is 0 Å². The van der Waals surface area contributed by atoms with Crippen molar-refractivity contribution in [3.05, 3.63) is 43.1 Å². The van der Waals surface area contributed by atoms with Gasteiger partial charge in [-0.25, -0.2) is 9.97 Å². The van der Waals surface area contributed by atoms with Gasteiger partial charge in [-0.2, -0.15) is 0 Å². The molecule has 1 saturated heterocycles. The topological polar surface area (TPSA) is 73.1 Å². The fourth-order valence-electron chi connectivity index (χ4n) is 4.04. The maximum Gasteiger partial charge on any atom is 0.306 e. The number of fused-ring (bicyclic) bond motifs is 1. The number of aromatic nitrogens is 4. The molecular weight excluding hydrogens is 378 g/mol. The Morgan fingerprint density at radius 2 is 2.00 bits per heavy atom. The molecule has 4 rings (SSSR count). The lowest BCUT2D eigenvalue weighted by Crippen LogP contribution is -2.34. The van der Waals surface area contributed by atoms with E-state index in [4.69, 9.17) is 4.74 Å². The Balaban J connectivity index is 1.41. The summed E-state index contributed by atoms with van der Waals surface area (Å²) in [4.78, 5) is 27.6. The van der Waals surface area contributed by atoms with E-state index in [9.17, 15) is 4.79 Å². The second kappa shape index (κ2) is 8.42. The normalized spacial score (nSPS) is 15.5. The molecule has 158 valence electrons. The minimum Gasteiger partial charge on any atom is -0.460 e. The van der Waals surface area contributed by atoms with Crippen molar-refractivity contribution in [2.75, 3.05) is 18.0 Å². The zero-order valence-electron chi connectivity index (χ0n) is 17.9. The van der Waals surface area contributed by atoms with E-state index in [1.807, 2.05) is 49.9 Å². The van der Waals surface area contributed by atoms with Crippen molar-refractivity contribution in [3.8, 4) is 5.69 Å². The van der Waals surface area contributed by atoms with Gasteiger partial charge in [-0.05, 0) is 64.2 Å². The molecule has 3 aromatic rings. The average molecular weight is 408 g/mol. The van der Waals surface area contributed by atoms with Gasteiger partial charge in [-0.3, -0.25) is 14.3 Å². The summed E-state index contributed by atoms with van der Waals surface area (Å²) in [6, 6.07) is 6.02.